The summed E-state index contributed by atoms with van der Waals surface area (Å²) in [6.07, 6.45) is 3.78. The standard InChI is InChI=1S/C26H32N6OS/c1-18-7-8-23(28-17-18)32-19(2)16-21(20(32)3)25-24(22-6-4-5-9-27-22)29-26(34)31(25)11-10-30-12-14-33-15-13-30/h4-9,16-17,24-25H,10-15H2,1-3H3,(H,29,34). The lowest BCUT2D eigenvalue weighted by atomic mass is 9.97. The van der Waals surface area contributed by atoms with Crippen molar-refractivity contribution in [3.8, 4) is 5.82 Å². The third-order valence-corrected chi connectivity index (χ3v) is 7.22. The molecule has 0 spiro atoms. The molecular formula is C26H32N6OS. The second kappa shape index (κ2) is 9.82. The number of morpholine rings is 1. The SMILES string of the molecule is Cc1ccc(-n2c(C)cc(C3C(c4ccccn4)NC(=S)N3CCN3CCOCC3)c2C)nc1. The van der Waals surface area contributed by atoms with Crippen molar-refractivity contribution in [2.45, 2.75) is 32.9 Å². The van der Waals surface area contributed by atoms with Gasteiger partial charge < -0.3 is 19.5 Å². The Morgan fingerprint density at radius 3 is 2.59 bits per heavy atom. The third kappa shape index (κ3) is 4.45. The molecule has 3 aromatic rings. The number of ether oxygens (including phenoxy) is 1. The van der Waals surface area contributed by atoms with Gasteiger partial charge >= 0.3 is 0 Å². The van der Waals surface area contributed by atoms with Crippen LogP contribution in [0.3, 0.4) is 0 Å². The predicted octanol–water partition coefficient (Wildman–Crippen LogP) is 3.50. The molecule has 2 aliphatic rings. The lowest BCUT2D eigenvalue weighted by Crippen LogP contribution is -2.42. The Morgan fingerprint density at radius 2 is 1.88 bits per heavy atom. The Morgan fingerprint density at radius 1 is 1.06 bits per heavy atom. The molecule has 1 N–H and O–H groups in total. The molecule has 2 atom stereocenters. The number of thiocarbonyl (C=S) groups is 1. The molecule has 8 heteroatoms. The van der Waals surface area contributed by atoms with Crippen LogP contribution in [0.5, 0.6) is 0 Å². The first-order chi connectivity index (χ1) is 16.5. The van der Waals surface area contributed by atoms with Crippen molar-refractivity contribution < 1.29 is 4.74 Å². The van der Waals surface area contributed by atoms with Crippen LogP contribution in [0.15, 0.2) is 48.8 Å². The second-order valence-corrected chi connectivity index (χ2v) is 9.52. The predicted molar refractivity (Wildman–Crippen MR) is 137 cm³/mol. The average molecular weight is 477 g/mol. The van der Waals surface area contributed by atoms with Crippen LogP contribution in [-0.2, 0) is 4.74 Å². The van der Waals surface area contributed by atoms with Gasteiger partial charge in [0.1, 0.15) is 5.82 Å². The zero-order valence-electron chi connectivity index (χ0n) is 20.1. The molecule has 2 fully saturated rings. The molecular weight excluding hydrogens is 444 g/mol. The molecule has 0 bridgehead atoms. The van der Waals surface area contributed by atoms with Crippen LogP contribution >= 0.6 is 12.2 Å². The highest BCUT2D eigenvalue weighted by molar-refractivity contribution is 7.80. The Hall–Kier alpha value is -2.81. The molecule has 5 heterocycles. The van der Waals surface area contributed by atoms with E-state index in [1.165, 1.54) is 11.3 Å². The fourth-order valence-corrected chi connectivity index (χ4v) is 5.42. The normalized spacial score (nSPS) is 21.1. The van der Waals surface area contributed by atoms with Crippen molar-refractivity contribution in [1.29, 1.82) is 0 Å². The summed E-state index contributed by atoms with van der Waals surface area (Å²) in [5, 5.41) is 4.37. The molecule has 34 heavy (non-hydrogen) atoms. The lowest BCUT2D eigenvalue weighted by molar-refractivity contribution is 0.0350. The number of aromatic nitrogens is 3. The van der Waals surface area contributed by atoms with E-state index in [-0.39, 0.29) is 12.1 Å². The topological polar surface area (TPSA) is 58.5 Å². The monoisotopic (exact) mass is 476 g/mol. The van der Waals surface area contributed by atoms with Crippen LogP contribution < -0.4 is 5.32 Å². The summed E-state index contributed by atoms with van der Waals surface area (Å²) in [4.78, 5) is 14.2. The Balaban J connectivity index is 1.52. The molecule has 178 valence electrons. The average Bonchev–Trinajstić information content (AvgIpc) is 3.34. The van der Waals surface area contributed by atoms with Gasteiger partial charge in [0.25, 0.3) is 0 Å². The zero-order chi connectivity index (χ0) is 23.7. The Bertz CT molecular complexity index is 1140. The van der Waals surface area contributed by atoms with E-state index in [2.05, 4.69) is 69.7 Å². The van der Waals surface area contributed by atoms with Crippen LogP contribution in [0.25, 0.3) is 5.82 Å². The minimum absolute atomic E-state index is 0.0154. The van der Waals surface area contributed by atoms with Crippen LogP contribution in [0.1, 0.15) is 40.3 Å². The third-order valence-electron chi connectivity index (χ3n) is 6.87. The highest BCUT2D eigenvalue weighted by Crippen LogP contribution is 2.41. The number of hydrogen-bond acceptors (Lipinski definition) is 5. The van der Waals surface area contributed by atoms with Gasteiger partial charge in [-0.25, -0.2) is 4.98 Å². The number of aryl methyl sites for hydroxylation is 2. The summed E-state index contributed by atoms with van der Waals surface area (Å²) in [5.41, 5.74) is 5.75. The van der Waals surface area contributed by atoms with Crippen molar-refractivity contribution in [3.63, 3.8) is 0 Å². The van der Waals surface area contributed by atoms with E-state index >= 15 is 0 Å². The summed E-state index contributed by atoms with van der Waals surface area (Å²) in [7, 11) is 0. The summed E-state index contributed by atoms with van der Waals surface area (Å²) in [6, 6.07) is 12.6. The van der Waals surface area contributed by atoms with Gasteiger partial charge in [-0.15, -0.1) is 0 Å². The Labute approximate surface area is 206 Å². The summed E-state index contributed by atoms with van der Waals surface area (Å²) in [6.45, 7) is 11.7. The minimum atomic E-state index is -0.0154. The molecule has 2 saturated heterocycles. The van der Waals surface area contributed by atoms with E-state index in [0.717, 1.165) is 67.3 Å². The van der Waals surface area contributed by atoms with Crippen molar-refractivity contribution >= 4 is 17.3 Å². The fourth-order valence-electron chi connectivity index (χ4n) is 5.09. The van der Waals surface area contributed by atoms with Gasteiger partial charge in [-0.3, -0.25) is 9.88 Å². The largest absolute Gasteiger partial charge is 0.379 e. The van der Waals surface area contributed by atoms with Crippen molar-refractivity contribution in [3.05, 3.63) is 77.0 Å². The summed E-state index contributed by atoms with van der Waals surface area (Å²) >= 11 is 5.88. The number of hydrogen-bond donors (Lipinski definition) is 1. The molecule has 0 aromatic carbocycles. The molecule has 3 aromatic heterocycles. The van der Waals surface area contributed by atoms with Crippen molar-refractivity contribution in [2.75, 3.05) is 39.4 Å². The van der Waals surface area contributed by atoms with E-state index < -0.39 is 0 Å². The maximum atomic E-state index is 5.88. The van der Waals surface area contributed by atoms with Gasteiger partial charge in [-0.2, -0.15) is 0 Å². The first-order valence-corrected chi connectivity index (χ1v) is 12.3. The quantitative estimate of drug-likeness (QED) is 0.547. The highest BCUT2D eigenvalue weighted by Gasteiger charge is 2.41. The minimum Gasteiger partial charge on any atom is -0.379 e. The van der Waals surface area contributed by atoms with Gasteiger partial charge in [0.2, 0.25) is 0 Å². The van der Waals surface area contributed by atoms with Crippen LogP contribution in [0, 0.1) is 20.8 Å². The molecule has 0 radical (unpaired) electrons. The van der Waals surface area contributed by atoms with E-state index in [4.69, 9.17) is 21.9 Å². The fraction of sp³-hybridized carbons (Fsp3) is 0.423. The smallest absolute Gasteiger partial charge is 0.170 e. The van der Waals surface area contributed by atoms with E-state index in [1.807, 2.05) is 24.5 Å². The van der Waals surface area contributed by atoms with E-state index in [1.54, 1.807) is 0 Å². The van der Waals surface area contributed by atoms with Gasteiger partial charge in [0.05, 0.1) is 31.0 Å². The van der Waals surface area contributed by atoms with Crippen LogP contribution in [0.4, 0.5) is 0 Å². The van der Waals surface area contributed by atoms with Crippen LogP contribution in [-0.4, -0.2) is 68.8 Å². The van der Waals surface area contributed by atoms with Crippen molar-refractivity contribution in [1.82, 2.24) is 29.7 Å². The number of rotatable bonds is 6. The highest BCUT2D eigenvalue weighted by atomic mass is 32.1. The summed E-state index contributed by atoms with van der Waals surface area (Å²) in [5.74, 6) is 0.939. The maximum Gasteiger partial charge on any atom is 0.170 e. The molecule has 0 amide bonds. The lowest BCUT2D eigenvalue weighted by Gasteiger charge is -2.32. The number of nitrogens with zero attached hydrogens (tertiary/aromatic N) is 5. The van der Waals surface area contributed by atoms with Gasteiger partial charge in [0.15, 0.2) is 5.11 Å². The molecule has 0 aliphatic carbocycles. The second-order valence-electron chi connectivity index (χ2n) is 9.13. The van der Waals surface area contributed by atoms with E-state index in [9.17, 15) is 0 Å². The maximum absolute atomic E-state index is 5.88. The van der Waals surface area contributed by atoms with Gasteiger partial charge in [-0.05, 0) is 68.4 Å². The van der Waals surface area contributed by atoms with E-state index in [0.29, 0.717) is 0 Å². The Kier molecular flexibility index (Phi) is 6.63. The summed E-state index contributed by atoms with van der Waals surface area (Å²) < 4.78 is 7.77. The zero-order valence-corrected chi connectivity index (χ0v) is 20.9. The molecule has 7 nitrogen and oxygen atoms in total. The first kappa shape index (κ1) is 23.0. The van der Waals surface area contributed by atoms with Gasteiger partial charge in [0, 0.05) is 50.0 Å². The van der Waals surface area contributed by atoms with Crippen LogP contribution in [0.2, 0.25) is 0 Å². The first-order valence-electron chi connectivity index (χ1n) is 11.9. The number of nitrogens with one attached hydrogen (secondary N) is 1. The molecule has 2 aliphatic heterocycles. The molecule has 2 unspecified atom stereocenters. The number of pyridine rings is 2. The van der Waals surface area contributed by atoms with Crippen molar-refractivity contribution in [2.24, 2.45) is 0 Å². The van der Waals surface area contributed by atoms with Gasteiger partial charge in [-0.1, -0.05) is 12.1 Å². The molecule has 0 saturated carbocycles. The molecule has 5 rings (SSSR count).